The van der Waals surface area contributed by atoms with E-state index in [1.54, 1.807) is 6.08 Å². The summed E-state index contributed by atoms with van der Waals surface area (Å²) in [6.07, 6.45) is 71.1. The minimum Gasteiger partial charge on any atom is -0.466 e. The van der Waals surface area contributed by atoms with Crippen LogP contribution in [0.1, 0.15) is 354 Å². The average molecular weight is 975 g/mol. The summed E-state index contributed by atoms with van der Waals surface area (Å²) in [7, 11) is 0. The molecule has 0 radical (unpaired) electrons. The minimum absolute atomic E-state index is 0.0151. The molecule has 6 heteroatoms. The molecule has 1 amide bonds. The van der Waals surface area contributed by atoms with Crippen molar-refractivity contribution in [2.75, 3.05) is 13.2 Å². The summed E-state index contributed by atoms with van der Waals surface area (Å²) in [5.74, 6) is -0.101. The fourth-order valence-corrected chi connectivity index (χ4v) is 9.99. The van der Waals surface area contributed by atoms with Gasteiger partial charge in [-0.05, 0) is 32.1 Å². The highest BCUT2D eigenvalue weighted by molar-refractivity contribution is 5.76. The summed E-state index contributed by atoms with van der Waals surface area (Å²) < 4.78 is 5.48. The molecule has 6 nitrogen and oxygen atoms in total. The van der Waals surface area contributed by atoms with Crippen LogP contribution in [0.2, 0.25) is 0 Å². The van der Waals surface area contributed by atoms with Gasteiger partial charge in [0.25, 0.3) is 0 Å². The fourth-order valence-electron chi connectivity index (χ4n) is 9.99. The molecule has 2 unspecified atom stereocenters. The second-order valence-corrected chi connectivity index (χ2v) is 21.8. The molecular formula is C63H123NO5. The van der Waals surface area contributed by atoms with Gasteiger partial charge in [-0.1, -0.05) is 321 Å². The molecule has 0 saturated carbocycles. The number of carbonyl (C=O) groups is 2. The first-order chi connectivity index (χ1) is 34.0. The number of carbonyl (C=O) groups excluding carboxylic acids is 2. The molecule has 0 bridgehead atoms. The zero-order chi connectivity index (χ0) is 50.0. The van der Waals surface area contributed by atoms with Gasteiger partial charge in [-0.3, -0.25) is 9.59 Å². The van der Waals surface area contributed by atoms with Crippen LogP contribution >= 0.6 is 0 Å². The maximum atomic E-state index is 12.5. The number of amides is 1. The Morgan fingerprint density at radius 1 is 0.391 bits per heavy atom. The Bertz CT molecular complexity index is 1030. The van der Waals surface area contributed by atoms with Crippen molar-refractivity contribution in [3.8, 4) is 0 Å². The van der Waals surface area contributed by atoms with E-state index in [2.05, 4.69) is 19.2 Å². The van der Waals surface area contributed by atoms with Crippen LogP contribution < -0.4 is 5.32 Å². The van der Waals surface area contributed by atoms with Gasteiger partial charge in [0.1, 0.15) is 0 Å². The molecule has 0 aromatic carbocycles. The van der Waals surface area contributed by atoms with Crippen molar-refractivity contribution in [1.29, 1.82) is 0 Å². The Labute approximate surface area is 431 Å². The van der Waals surface area contributed by atoms with E-state index in [1.807, 2.05) is 6.08 Å². The molecule has 2 atom stereocenters. The van der Waals surface area contributed by atoms with E-state index in [0.717, 1.165) is 57.8 Å². The average Bonchev–Trinajstić information content (AvgIpc) is 3.35. The second-order valence-electron chi connectivity index (χ2n) is 21.8. The first-order valence-corrected chi connectivity index (χ1v) is 31.5. The zero-order valence-corrected chi connectivity index (χ0v) is 46.8. The van der Waals surface area contributed by atoms with Gasteiger partial charge in [-0.2, -0.15) is 0 Å². The molecule has 0 heterocycles. The Morgan fingerprint density at radius 3 is 0.986 bits per heavy atom. The van der Waals surface area contributed by atoms with E-state index in [-0.39, 0.29) is 18.5 Å². The highest BCUT2D eigenvalue weighted by Gasteiger charge is 2.18. The summed E-state index contributed by atoms with van der Waals surface area (Å²) in [6.45, 7) is 4.89. The van der Waals surface area contributed by atoms with E-state index in [1.165, 1.54) is 270 Å². The van der Waals surface area contributed by atoms with Crippen LogP contribution in [0.3, 0.4) is 0 Å². The number of esters is 1. The van der Waals surface area contributed by atoms with Crippen molar-refractivity contribution in [2.45, 2.75) is 366 Å². The molecule has 0 aliphatic carbocycles. The molecule has 410 valence electrons. The van der Waals surface area contributed by atoms with E-state index < -0.39 is 12.1 Å². The van der Waals surface area contributed by atoms with E-state index in [0.29, 0.717) is 19.4 Å². The molecule has 0 spiro atoms. The number of hydrogen-bond donors (Lipinski definition) is 3. The van der Waals surface area contributed by atoms with Crippen molar-refractivity contribution < 1.29 is 24.5 Å². The number of rotatable bonds is 59. The number of nitrogens with one attached hydrogen (secondary N) is 1. The molecule has 0 saturated heterocycles. The minimum atomic E-state index is -0.859. The molecule has 0 fully saturated rings. The smallest absolute Gasteiger partial charge is 0.305 e. The monoisotopic (exact) mass is 974 g/mol. The third-order valence-electron chi connectivity index (χ3n) is 14.8. The molecule has 0 aromatic rings. The predicted molar refractivity (Wildman–Crippen MR) is 301 cm³/mol. The van der Waals surface area contributed by atoms with E-state index in [9.17, 15) is 19.8 Å². The fraction of sp³-hybridized carbons (Fsp3) is 0.937. The van der Waals surface area contributed by atoms with Crippen molar-refractivity contribution in [2.24, 2.45) is 0 Å². The van der Waals surface area contributed by atoms with Crippen LogP contribution in [0.25, 0.3) is 0 Å². The van der Waals surface area contributed by atoms with Gasteiger partial charge in [-0.15, -0.1) is 0 Å². The van der Waals surface area contributed by atoms with Gasteiger partial charge in [0.15, 0.2) is 0 Å². The lowest BCUT2D eigenvalue weighted by Crippen LogP contribution is -2.45. The first kappa shape index (κ1) is 67.6. The number of unbranched alkanes of at least 4 members (excludes halogenated alkanes) is 48. The quantitative estimate of drug-likeness (QED) is 0.0321. The van der Waals surface area contributed by atoms with Gasteiger partial charge in [0.05, 0.1) is 25.4 Å². The van der Waals surface area contributed by atoms with E-state index in [4.69, 9.17) is 4.74 Å². The summed E-state index contributed by atoms with van der Waals surface area (Å²) in [5.41, 5.74) is 0. The maximum Gasteiger partial charge on any atom is 0.305 e. The Morgan fingerprint density at radius 2 is 0.667 bits per heavy atom. The number of hydrogen-bond acceptors (Lipinski definition) is 5. The topological polar surface area (TPSA) is 95.9 Å². The van der Waals surface area contributed by atoms with Crippen molar-refractivity contribution in [1.82, 2.24) is 5.32 Å². The van der Waals surface area contributed by atoms with Gasteiger partial charge in [0.2, 0.25) is 5.91 Å². The lowest BCUT2D eigenvalue weighted by Gasteiger charge is -2.20. The van der Waals surface area contributed by atoms with Crippen molar-refractivity contribution in [3.05, 3.63) is 12.2 Å². The van der Waals surface area contributed by atoms with Gasteiger partial charge >= 0.3 is 5.97 Å². The normalized spacial score (nSPS) is 12.6. The molecule has 0 aromatic heterocycles. The second kappa shape index (κ2) is 59.2. The van der Waals surface area contributed by atoms with Crippen molar-refractivity contribution in [3.63, 3.8) is 0 Å². The highest BCUT2D eigenvalue weighted by atomic mass is 16.5. The number of ether oxygens (including phenoxy) is 1. The van der Waals surface area contributed by atoms with Crippen molar-refractivity contribution >= 4 is 11.9 Å². The molecule has 3 N–H and O–H groups in total. The first-order valence-electron chi connectivity index (χ1n) is 31.5. The third-order valence-corrected chi connectivity index (χ3v) is 14.8. The summed E-state index contributed by atoms with van der Waals surface area (Å²) in [5, 5.41) is 23.2. The standard InChI is InChI=1S/C63H123NO5/c1-3-5-7-9-11-13-15-17-19-21-23-24-25-26-27-28-29-31-33-35-39-43-47-51-55-61(66)60(59-65)64-62(67)56-52-48-44-40-37-38-42-46-50-54-58-69-63(68)57-53-49-45-41-36-34-32-30-22-20-18-16-14-12-10-8-6-4-2/h51,55,60-61,65-66H,3-50,52-54,56-59H2,1-2H3,(H,64,67)/b55-51+. The Hall–Kier alpha value is -1.40. The summed E-state index contributed by atoms with van der Waals surface area (Å²) in [6, 6.07) is -0.645. The molecule has 0 aliphatic heterocycles. The predicted octanol–water partition coefficient (Wildman–Crippen LogP) is 19.6. The third kappa shape index (κ3) is 55.8. The lowest BCUT2D eigenvalue weighted by atomic mass is 10.0. The Kier molecular flexibility index (Phi) is 58.0. The zero-order valence-electron chi connectivity index (χ0n) is 46.8. The van der Waals surface area contributed by atoms with Gasteiger partial charge in [-0.25, -0.2) is 0 Å². The number of aliphatic hydroxyl groups excluding tert-OH is 2. The van der Waals surface area contributed by atoms with Gasteiger partial charge in [0, 0.05) is 12.8 Å². The maximum absolute atomic E-state index is 12.5. The Balaban J connectivity index is 3.47. The van der Waals surface area contributed by atoms with Crippen LogP contribution in [0.15, 0.2) is 12.2 Å². The van der Waals surface area contributed by atoms with Crippen LogP contribution in [0, 0.1) is 0 Å². The molecular weight excluding hydrogens is 851 g/mol. The summed E-state index contributed by atoms with van der Waals surface area (Å²) >= 11 is 0. The van der Waals surface area contributed by atoms with E-state index >= 15 is 0 Å². The van der Waals surface area contributed by atoms with Crippen LogP contribution in [0.5, 0.6) is 0 Å². The number of aliphatic hydroxyl groups is 2. The molecule has 0 aliphatic rings. The highest BCUT2D eigenvalue weighted by Crippen LogP contribution is 2.18. The summed E-state index contributed by atoms with van der Waals surface area (Å²) in [4.78, 5) is 24.6. The van der Waals surface area contributed by atoms with Crippen LogP contribution in [0.4, 0.5) is 0 Å². The number of allylic oxidation sites excluding steroid dienone is 1. The van der Waals surface area contributed by atoms with Crippen LogP contribution in [-0.2, 0) is 14.3 Å². The SMILES string of the molecule is CCCCCCCCCCCCCCCCCCCCCCCC/C=C/C(O)C(CO)NC(=O)CCCCCCCCCCCCOC(=O)CCCCCCCCCCCCCCCCCCCC. The van der Waals surface area contributed by atoms with Gasteiger partial charge < -0.3 is 20.3 Å². The lowest BCUT2D eigenvalue weighted by molar-refractivity contribution is -0.143. The molecule has 69 heavy (non-hydrogen) atoms. The van der Waals surface area contributed by atoms with Crippen LogP contribution in [-0.4, -0.2) is 47.4 Å². The molecule has 0 rings (SSSR count). The largest absolute Gasteiger partial charge is 0.466 e.